The zero-order valence-corrected chi connectivity index (χ0v) is 33.1. The normalized spacial score (nSPS) is 12.0. The minimum absolute atomic E-state index is 0. The maximum atomic E-state index is 11.7. The molecule has 5 nitrogen and oxygen atoms in total. The fraction of sp³-hybridized carbons (Fsp3) is 0.419. The molecule has 1 radical (unpaired) electrons. The van der Waals surface area contributed by atoms with Crippen LogP contribution in [-0.2, 0) is 36.7 Å². The monoisotopic (exact) mass is 838 g/mol. The average Bonchev–Trinajstić information content (AvgIpc) is 3.46. The van der Waals surface area contributed by atoms with Gasteiger partial charge in [-0.05, 0) is 66.7 Å². The number of ketones is 1. The number of aliphatic hydroxyl groups excluding tert-OH is 1. The first-order valence-electron chi connectivity index (χ1n) is 17.6. The van der Waals surface area contributed by atoms with E-state index in [1.54, 1.807) is 0 Å². The summed E-state index contributed by atoms with van der Waals surface area (Å²) in [6, 6.07) is 20.6. The third-order valence-corrected chi connectivity index (χ3v) is 9.17. The minimum atomic E-state index is 0. The van der Waals surface area contributed by atoms with E-state index in [4.69, 9.17) is 9.40 Å². The van der Waals surface area contributed by atoms with E-state index in [2.05, 4.69) is 88.1 Å². The van der Waals surface area contributed by atoms with Gasteiger partial charge in [0.15, 0.2) is 11.4 Å². The van der Waals surface area contributed by atoms with Gasteiger partial charge in [0.1, 0.15) is 0 Å². The molecule has 0 bridgehead atoms. The van der Waals surface area contributed by atoms with Crippen molar-refractivity contribution in [3.05, 3.63) is 96.2 Å². The fourth-order valence-corrected chi connectivity index (χ4v) is 6.25. The van der Waals surface area contributed by atoms with Crippen molar-refractivity contribution in [3.8, 4) is 22.5 Å². The van der Waals surface area contributed by atoms with Gasteiger partial charge in [0.05, 0.1) is 23.9 Å². The molecular weight excluding hydrogens is 785 g/mol. The van der Waals surface area contributed by atoms with Gasteiger partial charge in [0.2, 0.25) is 0 Å². The number of aromatic nitrogens is 2. The van der Waals surface area contributed by atoms with Crippen LogP contribution in [0.15, 0.2) is 83.4 Å². The summed E-state index contributed by atoms with van der Waals surface area (Å²) < 4.78 is 5.74. The van der Waals surface area contributed by atoms with Gasteiger partial charge in [-0.3, -0.25) is 14.8 Å². The van der Waals surface area contributed by atoms with E-state index in [0.717, 1.165) is 71.0 Å². The Morgan fingerprint density at radius 1 is 0.898 bits per heavy atom. The van der Waals surface area contributed by atoms with E-state index >= 15 is 0 Å². The van der Waals surface area contributed by atoms with Crippen molar-refractivity contribution < 1.29 is 34.4 Å². The second-order valence-corrected chi connectivity index (χ2v) is 14.2. The van der Waals surface area contributed by atoms with Gasteiger partial charge in [-0.25, -0.2) is 0 Å². The van der Waals surface area contributed by atoms with Gasteiger partial charge in [0, 0.05) is 55.3 Å². The molecule has 0 amide bonds. The van der Waals surface area contributed by atoms with Crippen LogP contribution < -0.4 is 0 Å². The van der Waals surface area contributed by atoms with Crippen LogP contribution in [0.4, 0.5) is 0 Å². The standard InChI is InChI=1S/C30H29N2O.C13H24O2.Ir/c1-19(2)12-23-18-33-29-17-32-28(16-25(23)29)21-10-11-31-27(15-21)22-13-20-8-6-7-9-24(20)26(14-22)30(3,4)5;1-5-10(6-2)12(14)9-13(15)11(7-3)8-4;/h6-11,14-19H,12H2,1-5H3;9-11,14H,5-8H2,1-4H3;/q-1;;/b;12-9-;. The summed E-state index contributed by atoms with van der Waals surface area (Å²) >= 11 is 0. The van der Waals surface area contributed by atoms with Crippen LogP contribution in [0.2, 0.25) is 0 Å². The molecule has 0 fully saturated rings. The number of carbonyl (C=O) groups is 1. The van der Waals surface area contributed by atoms with E-state index in [1.807, 2.05) is 52.4 Å². The number of hydrogen-bond acceptors (Lipinski definition) is 5. The van der Waals surface area contributed by atoms with Crippen molar-refractivity contribution in [2.75, 3.05) is 0 Å². The summed E-state index contributed by atoms with van der Waals surface area (Å²) in [5.74, 6) is 1.11. The van der Waals surface area contributed by atoms with E-state index in [1.165, 1.54) is 22.6 Å². The van der Waals surface area contributed by atoms with E-state index in [0.29, 0.717) is 5.92 Å². The maximum Gasteiger partial charge on any atom is 0.162 e. The Balaban J connectivity index is 0.000000347. The summed E-state index contributed by atoms with van der Waals surface area (Å²) in [6.07, 6.45) is 11.4. The molecule has 0 unspecified atom stereocenters. The molecule has 0 saturated heterocycles. The average molecular weight is 838 g/mol. The predicted octanol–water partition coefficient (Wildman–Crippen LogP) is 11.9. The Bertz CT molecular complexity index is 1860. The number of rotatable bonds is 11. The third kappa shape index (κ3) is 9.99. The molecule has 0 aliphatic heterocycles. The van der Waals surface area contributed by atoms with E-state index in [9.17, 15) is 9.90 Å². The van der Waals surface area contributed by atoms with Crippen LogP contribution in [-0.4, -0.2) is 20.9 Å². The summed E-state index contributed by atoms with van der Waals surface area (Å²) in [7, 11) is 0. The first-order valence-corrected chi connectivity index (χ1v) is 17.6. The molecule has 5 rings (SSSR count). The minimum Gasteiger partial charge on any atom is -0.512 e. The molecule has 0 atom stereocenters. The van der Waals surface area contributed by atoms with Crippen molar-refractivity contribution in [1.82, 2.24) is 9.97 Å². The first kappa shape index (κ1) is 39.8. The third-order valence-electron chi connectivity index (χ3n) is 9.17. The van der Waals surface area contributed by atoms with Gasteiger partial charge in [0.25, 0.3) is 0 Å². The molecule has 2 aromatic carbocycles. The maximum absolute atomic E-state index is 11.7. The molecule has 5 aromatic rings. The van der Waals surface area contributed by atoms with Gasteiger partial charge in [-0.15, -0.1) is 29.1 Å². The van der Waals surface area contributed by atoms with Crippen LogP contribution in [0.5, 0.6) is 0 Å². The summed E-state index contributed by atoms with van der Waals surface area (Å²) in [5, 5.41) is 13.3. The van der Waals surface area contributed by atoms with Crippen molar-refractivity contribution in [3.63, 3.8) is 0 Å². The van der Waals surface area contributed by atoms with Crippen LogP contribution in [0.1, 0.15) is 99.1 Å². The molecule has 0 aliphatic carbocycles. The number of pyridine rings is 2. The van der Waals surface area contributed by atoms with Crippen molar-refractivity contribution in [2.45, 2.75) is 99.8 Å². The van der Waals surface area contributed by atoms with E-state index in [-0.39, 0.29) is 48.9 Å². The van der Waals surface area contributed by atoms with Crippen LogP contribution in [0, 0.1) is 23.8 Å². The first-order chi connectivity index (χ1) is 22.9. The topological polar surface area (TPSA) is 76.2 Å². The van der Waals surface area contributed by atoms with Gasteiger partial charge in [-0.2, -0.15) is 0 Å². The molecule has 263 valence electrons. The van der Waals surface area contributed by atoms with Crippen LogP contribution in [0.25, 0.3) is 44.3 Å². The number of allylic oxidation sites excluding steroid dienone is 2. The Labute approximate surface area is 307 Å². The van der Waals surface area contributed by atoms with Crippen molar-refractivity contribution >= 4 is 27.5 Å². The zero-order chi connectivity index (χ0) is 35.0. The second kappa shape index (κ2) is 17.9. The Kier molecular flexibility index (Phi) is 14.5. The smallest absolute Gasteiger partial charge is 0.162 e. The Hall–Kier alpha value is -3.60. The number of benzene rings is 2. The number of fused-ring (bicyclic) bond motifs is 2. The van der Waals surface area contributed by atoms with Crippen LogP contribution >= 0.6 is 0 Å². The summed E-state index contributed by atoms with van der Waals surface area (Å²) in [6.45, 7) is 19.3. The van der Waals surface area contributed by atoms with Crippen LogP contribution in [0.3, 0.4) is 0 Å². The number of carbonyl (C=O) groups excluding carboxylic acids is 1. The summed E-state index contributed by atoms with van der Waals surface area (Å²) in [5.41, 5.74) is 7.26. The van der Waals surface area contributed by atoms with Gasteiger partial charge >= 0.3 is 0 Å². The number of furan rings is 1. The molecule has 49 heavy (non-hydrogen) atoms. The molecule has 0 aliphatic rings. The number of hydrogen-bond donors (Lipinski definition) is 1. The Morgan fingerprint density at radius 3 is 2.20 bits per heavy atom. The summed E-state index contributed by atoms with van der Waals surface area (Å²) in [4.78, 5) is 21.1. The quantitative estimate of drug-likeness (QED) is 0.0815. The molecule has 0 saturated carbocycles. The molecule has 3 aromatic heterocycles. The molecule has 6 heteroatoms. The second-order valence-electron chi connectivity index (χ2n) is 14.2. The zero-order valence-electron chi connectivity index (χ0n) is 30.7. The Morgan fingerprint density at radius 2 is 1.57 bits per heavy atom. The molecule has 0 spiro atoms. The fourth-order valence-electron chi connectivity index (χ4n) is 6.25. The SMILES string of the molecule is CC(C)Cc1coc2cnc(-c3ccnc(-c4[c-]c5ccccc5c(C(C)(C)C)c4)c3)cc12.CCC(CC)C(=O)/C=C(\O)C(CC)CC.[Ir]. The molecule has 1 N–H and O–H groups in total. The number of aliphatic hydroxyl groups is 1. The largest absolute Gasteiger partial charge is 0.512 e. The van der Waals surface area contributed by atoms with Gasteiger partial charge in [-0.1, -0.05) is 97.5 Å². The number of nitrogens with zero attached hydrogens (tertiary/aromatic N) is 2. The van der Waals surface area contributed by atoms with Crippen molar-refractivity contribution in [2.24, 2.45) is 17.8 Å². The van der Waals surface area contributed by atoms with E-state index < -0.39 is 0 Å². The molecule has 3 heterocycles. The van der Waals surface area contributed by atoms with Gasteiger partial charge < -0.3 is 9.52 Å². The predicted molar refractivity (Wildman–Crippen MR) is 200 cm³/mol. The molecular formula is C43H53IrN2O3-. The van der Waals surface area contributed by atoms with Crippen molar-refractivity contribution in [1.29, 1.82) is 0 Å².